The van der Waals surface area contributed by atoms with E-state index in [4.69, 9.17) is 19.1 Å². The van der Waals surface area contributed by atoms with E-state index in [1.807, 2.05) is 0 Å². The maximum Gasteiger partial charge on any atom is 0.472 e. The normalized spacial score (nSPS) is 13.2. The highest BCUT2D eigenvalue weighted by atomic mass is 31.2. The second kappa shape index (κ2) is 38.4. The molecule has 0 amide bonds. The van der Waals surface area contributed by atoms with Gasteiger partial charge in [0.2, 0.25) is 0 Å². The largest absolute Gasteiger partial charge is 0.472 e. The SMILES string of the molecule is CCCC#CCCCCCCCCCCCCC(=O)OC[C@H](COP(=O)(O)OC[C@@H](O)CO)OC(=O)CCCCCCCCCCCCC#CCCC. The standard InChI is InChI=1S/C42H75O10P/c1-3-5-7-9-11-13-15-17-19-21-23-25-27-29-31-33-41(45)49-37-40(38-51-53(47,48)50-36-39(44)35-43)52-42(46)34-32-30-28-26-24-22-20-18-16-14-12-10-8-6-4-2/h39-40,43-44H,3-6,11-38H2,1-2H3,(H,47,48)/t39-,40+/m0/s1. The van der Waals surface area contributed by atoms with Crippen LogP contribution in [-0.4, -0.2) is 65.7 Å². The van der Waals surface area contributed by atoms with Crippen LogP contribution in [0.25, 0.3) is 0 Å². The summed E-state index contributed by atoms with van der Waals surface area (Å²) in [7, 11) is -4.62. The second-order valence-corrected chi connectivity index (χ2v) is 15.4. The van der Waals surface area contributed by atoms with E-state index < -0.39 is 51.8 Å². The minimum atomic E-state index is -4.62. The highest BCUT2D eigenvalue weighted by molar-refractivity contribution is 7.47. The fraction of sp³-hybridized carbons (Fsp3) is 0.857. The maximum absolute atomic E-state index is 12.6. The molecular formula is C42H75O10P. The van der Waals surface area contributed by atoms with Gasteiger partial charge in [-0.2, -0.15) is 0 Å². The zero-order chi connectivity index (χ0) is 39.1. The molecule has 0 spiro atoms. The van der Waals surface area contributed by atoms with Crippen molar-refractivity contribution in [3.05, 3.63) is 0 Å². The highest BCUT2D eigenvalue weighted by Crippen LogP contribution is 2.43. The van der Waals surface area contributed by atoms with Gasteiger partial charge in [-0.15, -0.1) is 23.7 Å². The van der Waals surface area contributed by atoms with Gasteiger partial charge in [0.1, 0.15) is 12.7 Å². The third-order valence-electron chi connectivity index (χ3n) is 8.66. The van der Waals surface area contributed by atoms with Gasteiger partial charge in [0, 0.05) is 38.5 Å². The summed E-state index contributed by atoms with van der Waals surface area (Å²) in [5.74, 6) is 11.9. The van der Waals surface area contributed by atoms with Crippen LogP contribution in [0.4, 0.5) is 0 Å². The molecular weight excluding hydrogens is 695 g/mol. The highest BCUT2D eigenvalue weighted by Gasteiger charge is 2.27. The Hall–Kier alpha value is -1.91. The molecule has 0 radical (unpaired) electrons. The number of unbranched alkanes of at least 4 members (excludes halogenated alkanes) is 22. The first kappa shape index (κ1) is 51.1. The van der Waals surface area contributed by atoms with Gasteiger partial charge >= 0.3 is 19.8 Å². The van der Waals surface area contributed by atoms with Gasteiger partial charge < -0.3 is 24.6 Å². The Bertz CT molecular complexity index is 1040. The van der Waals surface area contributed by atoms with Crippen molar-refractivity contribution in [2.45, 2.75) is 206 Å². The first-order valence-electron chi connectivity index (χ1n) is 20.9. The van der Waals surface area contributed by atoms with Crippen molar-refractivity contribution in [2.24, 2.45) is 0 Å². The van der Waals surface area contributed by atoms with E-state index in [1.54, 1.807) is 0 Å². The molecule has 0 aliphatic carbocycles. The van der Waals surface area contributed by atoms with Crippen LogP contribution in [0, 0.1) is 23.7 Å². The summed E-state index contributed by atoms with van der Waals surface area (Å²) in [6.45, 7) is 2.17. The van der Waals surface area contributed by atoms with Crippen molar-refractivity contribution in [1.29, 1.82) is 0 Å². The third-order valence-corrected chi connectivity index (χ3v) is 9.61. The van der Waals surface area contributed by atoms with Crippen LogP contribution in [0.1, 0.15) is 194 Å². The Morgan fingerprint density at radius 2 is 0.925 bits per heavy atom. The number of hydrogen-bond acceptors (Lipinski definition) is 9. The molecule has 0 rings (SSSR count). The van der Waals surface area contributed by atoms with Crippen LogP contribution in [0.5, 0.6) is 0 Å². The lowest BCUT2D eigenvalue weighted by Crippen LogP contribution is -2.29. The smallest absolute Gasteiger partial charge is 0.462 e. The lowest BCUT2D eigenvalue weighted by molar-refractivity contribution is -0.161. The molecule has 0 saturated carbocycles. The summed E-state index contributed by atoms with van der Waals surface area (Å²) in [6, 6.07) is 0. The molecule has 1 unspecified atom stereocenters. The number of carbonyl (C=O) groups excluding carboxylic acids is 2. The molecule has 11 heteroatoms. The Morgan fingerprint density at radius 1 is 0.547 bits per heavy atom. The molecule has 0 saturated heterocycles. The summed E-state index contributed by atoms with van der Waals surface area (Å²) in [5.41, 5.74) is 0. The average molecular weight is 771 g/mol. The molecule has 0 heterocycles. The van der Waals surface area contributed by atoms with Crippen molar-refractivity contribution < 1.29 is 47.8 Å². The van der Waals surface area contributed by atoms with Crippen molar-refractivity contribution in [1.82, 2.24) is 0 Å². The van der Waals surface area contributed by atoms with Gasteiger partial charge in [0.05, 0.1) is 19.8 Å². The van der Waals surface area contributed by atoms with Crippen molar-refractivity contribution in [3.8, 4) is 23.7 Å². The van der Waals surface area contributed by atoms with Gasteiger partial charge in [-0.05, 0) is 38.5 Å². The predicted molar refractivity (Wildman–Crippen MR) is 212 cm³/mol. The summed E-state index contributed by atoms with van der Waals surface area (Å²) in [5, 5.41) is 18.3. The van der Waals surface area contributed by atoms with Crippen LogP contribution < -0.4 is 0 Å². The van der Waals surface area contributed by atoms with E-state index in [1.165, 1.54) is 77.0 Å². The molecule has 0 aliphatic rings. The van der Waals surface area contributed by atoms with Crippen LogP contribution in [0.15, 0.2) is 0 Å². The van der Waals surface area contributed by atoms with Gasteiger partial charge in [0.15, 0.2) is 6.10 Å². The minimum absolute atomic E-state index is 0.176. The van der Waals surface area contributed by atoms with Crippen molar-refractivity contribution >= 4 is 19.8 Å². The summed E-state index contributed by atoms with van der Waals surface area (Å²) in [4.78, 5) is 34.9. The fourth-order valence-electron chi connectivity index (χ4n) is 5.46. The van der Waals surface area contributed by atoms with Gasteiger partial charge in [-0.25, -0.2) is 4.57 Å². The zero-order valence-electron chi connectivity index (χ0n) is 33.4. The summed E-state index contributed by atoms with van der Waals surface area (Å²) < 4.78 is 32.7. The van der Waals surface area contributed by atoms with E-state index in [2.05, 4.69) is 42.1 Å². The third kappa shape index (κ3) is 38.2. The maximum atomic E-state index is 12.6. The number of esters is 2. The first-order valence-corrected chi connectivity index (χ1v) is 22.4. The number of ether oxygens (including phenoxy) is 2. The lowest BCUT2D eigenvalue weighted by Gasteiger charge is -2.20. The Labute approximate surface area is 322 Å². The monoisotopic (exact) mass is 771 g/mol. The zero-order valence-corrected chi connectivity index (χ0v) is 34.3. The summed E-state index contributed by atoms with van der Waals surface area (Å²) in [6.07, 6.45) is 26.4. The topological polar surface area (TPSA) is 149 Å². The number of carbonyl (C=O) groups is 2. The number of rotatable bonds is 36. The molecule has 0 aromatic heterocycles. The molecule has 0 aliphatic heterocycles. The average Bonchev–Trinajstić information content (AvgIpc) is 3.14. The van der Waals surface area contributed by atoms with Crippen LogP contribution in [0.2, 0.25) is 0 Å². The van der Waals surface area contributed by atoms with E-state index in [0.29, 0.717) is 12.8 Å². The molecule has 0 aromatic carbocycles. The van der Waals surface area contributed by atoms with Crippen molar-refractivity contribution in [3.63, 3.8) is 0 Å². The van der Waals surface area contributed by atoms with E-state index >= 15 is 0 Å². The van der Waals surface area contributed by atoms with Gasteiger partial charge in [-0.3, -0.25) is 18.6 Å². The first-order chi connectivity index (χ1) is 25.7. The molecule has 0 fully saturated rings. The van der Waals surface area contributed by atoms with Gasteiger partial charge in [-0.1, -0.05) is 117 Å². The van der Waals surface area contributed by atoms with Crippen LogP contribution in [0.3, 0.4) is 0 Å². The molecule has 53 heavy (non-hydrogen) atoms. The number of aliphatic hydroxyl groups excluding tert-OH is 2. The van der Waals surface area contributed by atoms with Crippen molar-refractivity contribution in [2.75, 3.05) is 26.4 Å². The number of aliphatic hydroxyl groups is 2. The quantitative estimate of drug-likeness (QED) is 0.0243. The Balaban J connectivity index is 4.29. The van der Waals surface area contributed by atoms with E-state index in [0.717, 1.165) is 77.0 Å². The molecule has 0 bridgehead atoms. The summed E-state index contributed by atoms with van der Waals surface area (Å²) >= 11 is 0. The van der Waals surface area contributed by atoms with Gasteiger partial charge in [0.25, 0.3) is 0 Å². The fourth-order valence-corrected chi connectivity index (χ4v) is 6.25. The molecule has 10 nitrogen and oxygen atoms in total. The van der Waals surface area contributed by atoms with Crippen LogP contribution >= 0.6 is 7.82 Å². The molecule has 308 valence electrons. The minimum Gasteiger partial charge on any atom is -0.462 e. The Morgan fingerprint density at radius 3 is 1.36 bits per heavy atom. The second-order valence-electron chi connectivity index (χ2n) is 14.0. The van der Waals surface area contributed by atoms with E-state index in [-0.39, 0.29) is 19.4 Å². The van der Waals surface area contributed by atoms with Crippen LogP contribution in [-0.2, 0) is 32.7 Å². The molecule has 3 N–H and O–H groups in total. The number of phosphoric ester groups is 1. The lowest BCUT2D eigenvalue weighted by atomic mass is 10.1. The number of hydrogen-bond donors (Lipinski definition) is 3. The molecule has 0 aromatic rings. The Kier molecular flexibility index (Phi) is 37.0. The number of phosphoric acid groups is 1. The van der Waals surface area contributed by atoms with E-state index in [9.17, 15) is 24.2 Å². The molecule has 3 atom stereocenters. The predicted octanol–water partition coefficient (Wildman–Crippen LogP) is 9.90.